The van der Waals surface area contributed by atoms with Crippen LogP contribution in [0.5, 0.6) is 0 Å². The smallest absolute Gasteiger partial charge is 0.259 e. The van der Waals surface area contributed by atoms with Gasteiger partial charge in [0.05, 0.1) is 26.1 Å². The second kappa shape index (κ2) is 7.03. The summed E-state index contributed by atoms with van der Waals surface area (Å²) in [5.74, 6) is -0.894. The van der Waals surface area contributed by atoms with Crippen molar-refractivity contribution in [2.24, 2.45) is 5.92 Å². The van der Waals surface area contributed by atoms with Crippen LogP contribution < -0.4 is 0 Å². The van der Waals surface area contributed by atoms with Crippen LogP contribution in [0.4, 0.5) is 11.4 Å². The van der Waals surface area contributed by atoms with Crippen LogP contribution in [-0.4, -0.2) is 14.8 Å². The Labute approximate surface area is 159 Å². The molecule has 0 bridgehead atoms. The zero-order chi connectivity index (χ0) is 20.5. The predicted octanol–water partition coefficient (Wildman–Crippen LogP) is 4.16. The van der Waals surface area contributed by atoms with Gasteiger partial charge < -0.3 is 0 Å². The fraction of sp³-hybridized carbons (Fsp3) is 0.158. The van der Waals surface area contributed by atoms with Gasteiger partial charge in [0.25, 0.3) is 17.1 Å². The van der Waals surface area contributed by atoms with Gasteiger partial charge in [-0.3, -0.25) is 30.3 Å². The quantitative estimate of drug-likeness (QED) is 0.565. The highest BCUT2D eigenvalue weighted by Crippen LogP contribution is 2.51. The molecular formula is C19H15N3O6. The second-order valence-electron chi connectivity index (χ2n) is 6.35. The summed E-state index contributed by atoms with van der Waals surface area (Å²) in [6.45, 7) is 1.55. The summed E-state index contributed by atoms with van der Waals surface area (Å²) in [7, 11) is 0. The zero-order valence-corrected chi connectivity index (χ0v) is 14.7. The molecular weight excluding hydrogens is 366 g/mol. The number of para-hydroxylation sites is 2. The Bertz CT molecular complexity index is 986. The van der Waals surface area contributed by atoms with E-state index in [0.29, 0.717) is 0 Å². The van der Waals surface area contributed by atoms with Gasteiger partial charge in [-0.25, -0.2) is 0 Å². The summed E-state index contributed by atoms with van der Waals surface area (Å²) in [5.41, 5.74) is -1.84. The normalized spacial score (nSPS) is 17.6. The first-order valence-electron chi connectivity index (χ1n) is 8.32. The van der Waals surface area contributed by atoms with Gasteiger partial charge in [0.1, 0.15) is 0 Å². The van der Waals surface area contributed by atoms with E-state index in [9.17, 15) is 30.3 Å². The minimum absolute atomic E-state index is 0.158. The van der Waals surface area contributed by atoms with Crippen molar-refractivity contribution in [3.8, 4) is 0 Å². The number of allylic oxidation sites excluding steroid dienone is 4. The summed E-state index contributed by atoms with van der Waals surface area (Å²) >= 11 is 0. The van der Waals surface area contributed by atoms with Gasteiger partial charge in [0.15, 0.2) is 0 Å². The fourth-order valence-corrected chi connectivity index (χ4v) is 3.80. The monoisotopic (exact) mass is 381 g/mol. The molecule has 0 aliphatic heterocycles. The van der Waals surface area contributed by atoms with Gasteiger partial charge in [-0.15, -0.1) is 0 Å². The molecule has 9 heteroatoms. The Balaban J connectivity index is 2.44. The van der Waals surface area contributed by atoms with Crippen molar-refractivity contribution in [1.29, 1.82) is 0 Å². The summed E-state index contributed by atoms with van der Waals surface area (Å²) < 4.78 is 0. The maximum Gasteiger partial charge on any atom is 0.273 e. The molecule has 0 amide bonds. The largest absolute Gasteiger partial charge is 0.273 e. The summed E-state index contributed by atoms with van der Waals surface area (Å²) in [4.78, 5) is 33.2. The van der Waals surface area contributed by atoms with E-state index in [-0.39, 0.29) is 28.2 Å². The third kappa shape index (κ3) is 2.82. The Morgan fingerprint density at radius 3 is 1.68 bits per heavy atom. The predicted molar refractivity (Wildman–Crippen MR) is 100 cm³/mol. The van der Waals surface area contributed by atoms with E-state index in [1.54, 1.807) is 25.1 Å². The molecule has 0 radical (unpaired) electrons. The van der Waals surface area contributed by atoms with Gasteiger partial charge in [-0.1, -0.05) is 55.5 Å². The Morgan fingerprint density at radius 1 is 0.786 bits per heavy atom. The highest BCUT2D eigenvalue weighted by atomic mass is 16.6. The van der Waals surface area contributed by atoms with Crippen LogP contribution in [0.25, 0.3) is 0 Å². The number of benzene rings is 2. The van der Waals surface area contributed by atoms with E-state index >= 15 is 0 Å². The summed E-state index contributed by atoms with van der Waals surface area (Å²) in [6.07, 6.45) is 4.30. The van der Waals surface area contributed by atoms with E-state index in [1.807, 2.05) is 0 Å². The molecule has 0 fully saturated rings. The minimum atomic E-state index is -1.45. The lowest BCUT2D eigenvalue weighted by atomic mass is 9.62. The highest BCUT2D eigenvalue weighted by Gasteiger charge is 2.50. The van der Waals surface area contributed by atoms with Gasteiger partial charge in [0.2, 0.25) is 0 Å². The maximum absolute atomic E-state index is 11.7. The number of nitro benzene ring substituents is 2. The van der Waals surface area contributed by atoms with E-state index in [4.69, 9.17) is 0 Å². The molecule has 9 nitrogen and oxygen atoms in total. The van der Waals surface area contributed by atoms with E-state index < -0.39 is 26.1 Å². The van der Waals surface area contributed by atoms with Crippen LogP contribution in [-0.2, 0) is 5.41 Å². The molecule has 1 aliphatic rings. The minimum Gasteiger partial charge on any atom is -0.259 e. The lowest BCUT2D eigenvalue weighted by molar-refractivity contribution is -0.435. The molecule has 1 unspecified atom stereocenters. The molecule has 2 aromatic carbocycles. The van der Waals surface area contributed by atoms with Gasteiger partial charge >= 0.3 is 0 Å². The van der Waals surface area contributed by atoms with Crippen molar-refractivity contribution >= 4 is 11.4 Å². The molecule has 28 heavy (non-hydrogen) atoms. The standard InChI is InChI=1S/C19H15N3O6/c1-13-16(20(23)24)11-6-12-19(13,14-7-2-4-9-17(14)21(25)26)15-8-3-5-10-18(15)22(27)28/h2-13H,1H3. The van der Waals surface area contributed by atoms with Crippen molar-refractivity contribution in [2.75, 3.05) is 0 Å². The molecule has 0 N–H and O–H groups in total. The zero-order valence-electron chi connectivity index (χ0n) is 14.7. The molecule has 0 saturated heterocycles. The average molecular weight is 381 g/mol. The Kier molecular flexibility index (Phi) is 4.74. The third-order valence-corrected chi connectivity index (χ3v) is 5.06. The number of nitrogens with zero attached hydrogens (tertiary/aromatic N) is 3. The fourth-order valence-electron chi connectivity index (χ4n) is 3.80. The van der Waals surface area contributed by atoms with Crippen LogP contribution in [0.1, 0.15) is 18.1 Å². The first-order chi connectivity index (χ1) is 13.3. The van der Waals surface area contributed by atoms with Gasteiger partial charge in [-0.05, 0) is 0 Å². The highest BCUT2D eigenvalue weighted by molar-refractivity contribution is 5.62. The van der Waals surface area contributed by atoms with Crippen molar-refractivity contribution < 1.29 is 14.8 Å². The number of nitro groups is 3. The van der Waals surface area contributed by atoms with Gasteiger partial charge in [0, 0.05) is 29.3 Å². The van der Waals surface area contributed by atoms with E-state index in [0.717, 1.165) is 0 Å². The van der Waals surface area contributed by atoms with Crippen LogP contribution in [0.2, 0.25) is 0 Å². The maximum atomic E-state index is 11.7. The lowest BCUT2D eigenvalue weighted by Gasteiger charge is -2.36. The molecule has 0 aromatic heterocycles. The first-order valence-corrected chi connectivity index (χ1v) is 8.32. The topological polar surface area (TPSA) is 129 Å². The van der Waals surface area contributed by atoms with Crippen LogP contribution in [0.15, 0.2) is 72.5 Å². The average Bonchev–Trinajstić information content (AvgIpc) is 2.68. The lowest BCUT2D eigenvalue weighted by Crippen LogP contribution is -2.38. The summed E-state index contributed by atoms with van der Waals surface area (Å²) in [6, 6.07) is 11.7. The molecule has 1 atom stereocenters. The van der Waals surface area contributed by atoms with Crippen LogP contribution >= 0.6 is 0 Å². The second-order valence-corrected chi connectivity index (χ2v) is 6.35. The molecule has 0 saturated carbocycles. The molecule has 1 aliphatic carbocycles. The van der Waals surface area contributed by atoms with Crippen molar-refractivity contribution in [3.63, 3.8) is 0 Å². The molecule has 2 aromatic rings. The molecule has 3 rings (SSSR count). The van der Waals surface area contributed by atoms with Crippen molar-refractivity contribution in [1.82, 2.24) is 0 Å². The summed E-state index contributed by atoms with van der Waals surface area (Å²) in [5, 5.41) is 34.9. The van der Waals surface area contributed by atoms with Crippen LogP contribution in [0, 0.1) is 36.3 Å². The van der Waals surface area contributed by atoms with Crippen molar-refractivity contribution in [3.05, 3.63) is 114 Å². The SMILES string of the molecule is CC1C([N+](=O)[O-])=CC=CC1(c1ccccc1[N+](=O)[O-])c1ccccc1[N+](=O)[O-]. The first kappa shape index (κ1) is 18.9. The third-order valence-electron chi connectivity index (χ3n) is 5.06. The van der Waals surface area contributed by atoms with E-state index in [1.165, 1.54) is 48.6 Å². The van der Waals surface area contributed by atoms with E-state index in [2.05, 4.69) is 0 Å². The number of rotatable bonds is 5. The Hall–Kier alpha value is -3.88. The molecule has 0 heterocycles. The van der Waals surface area contributed by atoms with Gasteiger partial charge in [-0.2, -0.15) is 0 Å². The number of hydrogen-bond donors (Lipinski definition) is 0. The molecule has 0 spiro atoms. The van der Waals surface area contributed by atoms with Crippen molar-refractivity contribution in [2.45, 2.75) is 12.3 Å². The van der Waals surface area contributed by atoms with Crippen LogP contribution in [0.3, 0.4) is 0 Å². The molecule has 142 valence electrons. The number of hydrogen-bond acceptors (Lipinski definition) is 6. The Morgan fingerprint density at radius 2 is 1.25 bits per heavy atom.